The lowest BCUT2D eigenvalue weighted by atomic mass is 10.0. The number of nitriles is 1. The summed E-state index contributed by atoms with van der Waals surface area (Å²) in [7, 11) is 0. The second-order valence-corrected chi connectivity index (χ2v) is 8.60. The van der Waals surface area contributed by atoms with Gasteiger partial charge in [0.25, 0.3) is 0 Å². The summed E-state index contributed by atoms with van der Waals surface area (Å²) in [4.78, 5) is 13.1. The average molecular weight is 521 g/mol. The highest BCUT2D eigenvalue weighted by molar-refractivity contribution is 5.69. The Morgan fingerprint density at radius 1 is 0.974 bits per heavy atom. The summed E-state index contributed by atoms with van der Waals surface area (Å²) in [6, 6.07) is 15.2. The minimum absolute atomic E-state index is 0.116. The fourth-order valence-electron chi connectivity index (χ4n) is 4.14. The standard InChI is InChI=1S/C26H17F2N11/c1-14-15(11-29)4-2-6-18(14)25-32-23(22(28)24(30)33-25)20-13-38(37-34-20)12-17-5-3-7-19(31-17)26-36-35-21-10-16(27)8-9-39(21)26/h2-10,13H,12H2,1H3,(H2,30,32,33). The van der Waals surface area contributed by atoms with Gasteiger partial charge in [0.15, 0.2) is 28.9 Å². The molecule has 2 N–H and O–H groups in total. The van der Waals surface area contributed by atoms with Crippen molar-refractivity contribution in [2.45, 2.75) is 13.5 Å². The molecular weight excluding hydrogens is 504 g/mol. The minimum atomic E-state index is -0.824. The number of hydrogen-bond donors (Lipinski definition) is 1. The zero-order valence-electron chi connectivity index (χ0n) is 20.3. The number of rotatable bonds is 5. The highest BCUT2D eigenvalue weighted by atomic mass is 19.1. The van der Waals surface area contributed by atoms with Crippen LogP contribution in [0.15, 0.2) is 60.9 Å². The highest BCUT2D eigenvalue weighted by Gasteiger charge is 2.20. The van der Waals surface area contributed by atoms with E-state index in [1.807, 2.05) is 0 Å². The molecule has 13 heteroatoms. The molecule has 190 valence electrons. The van der Waals surface area contributed by atoms with Crippen LogP contribution in [0.3, 0.4) is 0 Å². The van der Waals surface area contributed by atoms with Crippen LogP contribution in [0.4, 0.5) is 14.6 Å². The molecule has 0 aliphatic rings. The van der Waals surface area contributed by atoms with Gasteiger partial charge in [-0.3, -0.25) is 4.40 Å². The van der Waals surface area contributed by atoms with Crippen molar-refractivity contribution in [3.05, 3.63) is 89.4 Å². The smallest absolute Gasteiger partial charge is 0.193 e. The first-order valence-corrected chi connectivity index (χ1v) is 11.6. The van der Waals surface area contributed by atoms with Crippen LogP contribution >= 0.6 is 0 Å². The summed E-state index contributed by atoms with van der Waals surface area (Å²) in [5.74, 6) is -0.961. The molecule has 0 amide bonds. The lowest BCUT2D eigenvalue weighted by Gasteiger charge is -2.09. The van der Waals surface area contributed by atoms with E-state index in [0.29, 0.717) is 39.5 Å². The van der Waals surface area contributed by atoms with E-state index in [1.165, 1.54) is 29.2 Å². The molecule has 0 aliphatic carbocycles. The molecule has 1 aromatic carbocycles. The van der Waals surface area contributed by atoms with E-state index >= 15 is 0 Å². The van der Waals surface area contributed by atoms with Crippen LogP contribution < -0.4 is 5.73 Å². The van der Waals surface area contributed by atoms with Crippen LogP contribution in [0.1, 0.15) is 16.8 Å². The summed E-state index contributed by atoms with van der Waals surface area (Å²) in [6.07, 6.45) is 3.06. The zero-order chi connectivity index (χ0) is 27.1. The molecule has 0 unspecified atom stereocenters. The Morgan fingerprint density at radius 3 is 2.67 bits per heavy atom. The van der Waals surface area contributed by atoms with Crippen molar-refractivity contribution in [3.63, 3.8) is 0 Å². The summed E-state index contributed by atoms with van der Waals surface area (Å²) < 4.78 is 31.6. The van der Waals surface area contributed by atoms with Crippen LogP contribution in [-0.4, -0.2) is 44.5 Å². The molecule has 0 fully saturated rings. The van der Waals surface area contributed by atoms with Crippen LogP contribution in [-0.2, 0) is 6.54 Å². The predicted molar refractivity (Wildman–Crippen MR) is 136 cm³/mol. The first-order valence-electron chi connectivity index (χ1n) is 11.6. The highest BCUT2D eigenvalue weighted by Crippen LogP contribution is 2.28. The topological polar surface area (TPSA) is 149 Å². The third kappa shape index (κ3) is 4.29. The molecule has 0 aliphatic heterocycles. The molecule has 0 radical (unpaired) electrons. The van der Waals surface area contributed by atoms with Gasteiger partial charge >= 0.3 is 0 Å². The second kappa shape index (κ2) is 9.34. The predicted octanol–water partition coefficient (Wildman–Crippen LogP) is 3.60. The molecule has 39 heavy (non-hydrogen) atoms. The van der Waals surface area contributed by atoms with Crippen molar-refractivity contribution >= 4 is 11.5 Å². The lowest BCUT2D eigenvalue weighted by Crippen LogP contribution is -2.05. The Hall–Kier alpha value is -5.64. The molecule has 0 atom stereocenters. The Bertz CT molecular complexity index is 1920. The first-order chi connectivity index (χ1) is 18.9. The Balaban J connectivity index is 1.31. The Kier molecular flexibility index (Phi) is 5.69. The van der Waals surface area contributed by atoms with Gasteiger partial charge in [0.1, 0.15) is 22.9 Å². The van der Waals surface area contributed by atoms with Crippen molar-refractivity contribution in [2.75, 3.05) is 5.73 Å². The molecule has 6 aromatic rings. The molecule has 0 saturated carbocycles. The van der Waals surface area contributed by atoms with E-state index in [2.05, 4.69) is 41.5 Å². The number of aromatic nitrogens is 9. The van der Waals surface area contributed by atoms with Gasteiger partial charge in [-0.05, 0) is 36.8 Å². The van der Waals surface area contributed by atoms with Crippen LogP contribution in [0.2, 0.25) is 0 Å². The van der Waals surface area contributed by atoms with Gasteiger partial charge in [0.05, 0.1) is 30.1 Å². The largest absolute Gasteiger partial charge is 0.381 e. The minimum Gasteiger partial charge on any atom is -0.381 e. The molecule has 0 spiro atoms. The van der Waals surface area contributed by atoms with Crippen LogP contribution in [0.5, 0.6) is 0 Å². The van der Waals surface area contributed by atoms with E-state index in [0.717, 1.165) is 0 Å². The van der Waals surface area contributed by atoms with Gasteiger partial charge in [0.2, 0.25) is 0 Å². The van der Waals surface area contributed by atoms with Gasteiger partial charge in [-0.15, -0.1) is 15.3 Å². The fraction of sp³-hybridized carbons (Fsp3) is 0.0769. The molecule has 5 heterocycles. The van der Waals surface area contributed by atoms with Gasteiger partial charge in [-0.25, -0.2) is 28.4 Å². The van der Waals surface area contributed by atoms with Crippen molar-refractivity contribution < 1.29 is 8.78 Å². The van der Waals surface area contributed by atoms with E-state index in [1.54, 1.807) is 47.7 Å². The van der Waals surface area contributed by atoms with E-state index in [-0.39, 0.29) is 29.6 Å². The lowest BCUT2D eigenvalue weighted by molar-refractivity contribution is 0.623. The van der Waals surface area contributed by atoms with E-state index in [4.69, 9.17) is 5.73 Å². The summed E-state index contributed by atoms with van der Waals surface area (Å²) in [5.41, 5.74) is 9.07. The number of nitrogens with zero attached hydrogens (tertiary/aromatic N) is 10. The van der Waals surface area contributed by atoms with Crippen LogP contribution in [0, 0.1) is 29.9 Å². The van der Waals surface area contributed by atoms with Crippen molar-refractivity contribution in [2.24, 2.45) is 0 Å². The summed E-state index contributed by atoms with van der Waals surface area (Å²) in [5, 5.41) is 25.7. The maximum absolute atomic E-state index is 15.0. The van der Waals surface area contributed by atoms with Crippen molar-refractivity contribution in [3.8, 4) is 40.4 Å². The molecule has 11 nitrogen and oxygen atoms in total. The molecule has 6 rings (SSSR count). The monoisotopic (exact) mass is 521 g/mol. The number of nitrogens with two attached hydrogens (primary N) is 1. The second-order valence-electron chi connectivity index (χ2n) is 8.60. The number of nitrogen functional groups attached to an aromatic ring is 1. The van der Waals surface area contributed by atoms with Gasteiger partial charge in [0, 0.05) is 17.8 Å². The third-order valence-corrected chi connectivity index (χ3v) is 6.09. The zero-order valence-corrected chi connectivity index (χ0v) is 20.3. The molecule has 0 bridgehead atoms. The van der Waals surface area contributed by atoms with Gasteiger partial charge in [-0.1, -0.05) is 23.4 Å². The Labute approximate surface area is 219 Å². The van der Waals surface area contributed by atoms with E-state index < -0.39 is 11.6 Å². The number of anilines is 1. The normalized spacial score (nSPS) is 11.1. The fourth-order valence-corrected chi connectivity index (χ4v) is 4.14. The van der Waals surface area contributed by atoms with Gasteiger partial charge < -0.3 is 5.73 Å². The molecular formula is C26H17F2N11. The summed E-state index contributed by atoms with van der Waals surface area (Å²) >= 11 is 0. The van der Waals surface area contributed by atoms with Crippen molar-refractivity contribution in [1.29, 1.82) is 5.26 Å². The van der Waals surface area contributed by atoms with Crippen LogP contribution in [0.25, 0.3) is 39.9 Å². The molecule has 0 saturated heterocycles. The number of fused-ring (bicyclic) bond motifs is 1. The number of halogens is 2. The number of hydrogen-bond acceptors (Lipinski definition) is 9. The third-order valence-electron chi connectivity index (χ3n) is 6.09. The maximum Gasteiger partial charge on any atom is 0.193 e. The quantitative estimate of drug-likeness (QED) is 0.359. The first kappa shape index (κ1) is 23.7. The number of benzene rings is 1. The van der Waals surface area contributed by atoms with E-state index in [9.17, 15) is 14.0 Å². The SMILES string of the molecule is Cc1c(C#N)cccc1-c1nc(N)c(F)c(-c2cn(Cc3cccc(-c4nnc5cc(F)ccn45)n3)nn2)n1. The number of pyridine rings is 2. The Morgan fingerprint density at radius 2 is 1.82 bits per heavy atom. The van der Waals surface area contributed by atoms with Crippen molar-refractivity contribution in [1.82, 2.24) is 44.5 Å². The van der Waals surface area contributed by atoms with Gasteiger partial charge in [-0.2, -0.15) is 5.26 Å². The average Bonchev–Trinajstić information content (AvgIpc) is 3.57. The maximum atomic E-state index is 15.0. The summed E-state index contributed by atoms with van der Waals surface area (Å²) in [6.45, 7) is 1.97. The molecule has 5 aromatic heterocycles.